The topological polar surface area (TPSA) is 59.0 Å². The van der Waals surface area contributed by atoms with Gasteiger partial charge in [0.15, 0.2) is 0 Å². The van der Waals surface area contributed by atoms with Gasteiger partial charge in [0.05, 0.1) is 23.1 Å². The summed E-state index contributed by atoms with van der Waals surface area (Å²) in [6.45, 7) is 7.00. The van der Waals surface area contributed by atoms with Crippen LogP contribution in [-0.4, -0.2) is 35.3 Å². The first-order valence-corrected chi connectivity index (χ1v) is 9.27. The van der Waals surface area contributed by atoms with E-state index in [-0.39, 0.29) is 11.8 Å². The van der Waals surface area contributed by atoms with Crippen molar-refractivity contribution in [3.05, 3.63) is 46.7 Å². The molecular formula is C19H25ClN4O. The molecule has 2 N–H and O–H groups in total. The Labute approximate surface area is 153 Å². The Bertz CT molecular complexity index is 718. The molecule has 1 saturated heterocycles. The smallest absolute Gasteiger partial charge is 0.254 e. The number of rotatable bonds is 6. The third kappa shape index (κ3) is 4.22. The molecule has 0 spiro atoms. The third-order valence-corrected chi connectivity index (χ3v) is 4.92. The van der Waals surface area contributed by atoms with E-state index in [1.807, 2.05) is 28.9 Å². The molecule has 1 amide bonds. The van der Waals surface area contributed by atoms with Crippen molar-refractivity contribution >= 4 is 17.5 Å². The van der Waals surface area contributed by atoms with Crippen molar-refractivity contribution in [3.8, 4) is 5.69 Å². The molecule has 134 valence electrons. The Morgan fingerprint density at radius 3 is 2.80 bits per heavy atom. The summed E-state index contributed by atoms with van der Waals surface area (Å²) in [6, 6.07) is 7.49. The van der Waals surface area contributed by atoms with Crippen molar-refractivity contribution in [2.45, 2.75) is 32.6 Å². The van der Waals surface area contributed by atoms with E-state index >= 15 is 0 Å². The highest BCUT2D eigenvalue weighted by atomic mass is 35.5. The second-order valence-electron chi connectivity index (χ2n) is 6.89. The third-order valence-electron chi connectivity index (χ3n) is 4.67. The summed E-state index contributed by atoms with van der Waals surface area (Å²) in [7, 11) is 0. The first kappa shape index (κ1) is 18.0. The first-order chi connectivity index (χ1) is 12.1. The van der Waals surface area contributed by atoms with Crippen LogP contribution in [0.3, 0.4) is 0 Å². The predicted molar refractivity (Wildman–Crippen MR) is 101 cm³/mol. The molecule has 0 saturated carbocycles. The molecule has 6 heteroatoms. The van der Waals surface area contributed by atoms with Gasteiger partial charge in [-0.05, 0) is 62.0 Å². The summed E-state index contributed by atoms with van der Waals surface area (Å²) in [5.41, 5.74) is 2.47. The maximum Gasteiger partial charge on any atom is 0.254 e. The van der Waals surface area contributed by atoms with Crippen LogP contribution in [0.2, 0.25) is 5.02 Å². The lowest BCUT2D eigenvalue weighted by Gasteiger charge is -2.14. The summed E-state index contributed by atoms with van der Waals surface area (Å²) >= 11 is 5.97. The largest absolute Gasteiger partial charge is 0.352 e. The number of benzene rings is 1. The Morgan fingerprint density at radius 2 is 2.16 bits per heavy atom. The number of amides is 1. The number of hydrogen-bond acceptors (Lipinski definition) is 3. The fourth-order valence-corrected chi connectivity index (χ4v) is 3.45. The highest BCUT2D eigenvalue weighted by Gasteiger charge is 2.21. The summed E-state index contributed by atoms with van der Waals surface area (Å²) < 4.78 is 1.83. The molecule has 3 rings (SSSR count). The van der Waals surface area contributed by atoms with Crippen molar-refractivity contribution in [2.24, 2.45) is 5.92 Å². The van der Waals surface area contributed by atoms with E-state index in [9.17, 15) is 4.79 Å². The molecule has 1 fully saturated rings. The minimum Gasteiger partial charge on any atom is -0.352 e. The zero-order valence-electron chi connectivity index (χ0n) is 14.8. The molecule has 1 aliphatic rings. The molecule has 1 unspecified atom stereocenters. The lowest BCUT2D eigenvalue weighted by Crippen LogP contribution is -2.27. The number of nitrogens with one attached hydrogen (secondary N) is 2. The fourth-order valence-electron chi connectivity index (χ4n) is 3.32. The highest BCUT2D eigenvalue weighted by molar-refractivity contribution is 6.30. The van der Waals surface area contributed by atoms with Gasteiger partial charge in [0.2, 0.25) is 0 Å². The summed E-state index contributed by atoms with van der Waals surface area (Å²) in [4.78, 5) is 12.6. The van der Waals surface area contributed by atoms with Gasteiger partial charge < -0.3 is 10.6 Å². The minimum atomic E-state index is -0.0464. The fraction of sp³-hybridized carbons (Fsp3) is 0.474. The van der Waals surface area contributed by atoms with Crippen molar-refractivity contribution in [2.75, 3.05) is 19.6 Å². The van der Waals surface area contributed by atoms with Crippen molar-refractivity contribution in [1.82, 2.24) is 20.4 Å². The van der Waals surface area contributed by atoms with Crippen molar-refractivity contribution in [3.63, 3.8) is 0 Å². The van der Waals surface area contributed by atoms with E-state index in [0.29, 0.717) is 23.0 Å². The minimum absolute atomic E-state index is 0.0464. The van der Waals surface area contributed by atoms with E-state index in [1.54, 1.807) is 6.20 Å². The number of aromatic nitrogens is 2. The van der Waals surface area contributed by atoms with Gasteiger partial charge >= 0.3 is 0 Å². The zero-order valence-corrected chi connectivity index (χ0v) is 15.5. The molecule has 0 radical (unpaired) electrons. The molecule has 2 heterocycles. The highest BCUT2D eigenvalue weighted by Crippen LogP contribution is 2.24. The van der Waals surface area contributed by atoms with Gasteiger partial charge in [-0.1, -0.05) is 25.4 Å². The standard InChI is InChI=1S/C19H25ClN4O/c1-13(2)18-17(19(25)22-10-8-14-7-9-21-11-14)12-23-24(18)16-5-3-15(20)4-6-16/h3-6,12-14,21H,7-11H2,1-2H3,(H,22,25). The number of halogens is 1. The summed E-state index contributed by atoms with van der Waals surface area (Å²) in [5, 5.41) is 11.5. The Kier molecular flexibility index (Phi) is 5.76. The predicted octanol–water partition coefficient (Wildman–Crippen LogP) is 3.38. The van der Waals surface area contributed by atoms with Crippen LogP contribution in [0.5, 0.6) is 0 Å². The van der Waals surface area contributed by atoms with Crippen LogP contribution in [-0.2, 0) is 0 Å². The molecule has 1 atom stereocenters. The van der Waals surface area contributed by atoms with Crippen LogP contribution in [0.4, 0.5) is 0 Å². The second kappa shape index (κ2) is 8.02. The van der Waals surface area contributed by atoms with Crippen LogP contribution in [0.1, 0.15) is 48.7 Å². The molecule has 1 aliphatic heterocycles. The zero-order chi connectivity index (χ0) is 17.8. The molecule has 1 aromatic heterocycles. The first-order valence-electron chi connectivity index (χ1n) is 8.89. The maximum atomic E-state index is 12.6. The van der Waals surface area contributed by atoms with Crippen molar-refractivity contribution < 1.29 is 4.79 Å². The lowest BCUT2D eigenvalue weighted by atomic mass is 10.0. The quantitative estimate of drug-likeness (QED) is 0.830. The Balaban J connectivity index is 1.74. The average molecular weight is 361 g/mol. The summed E-state index contributed by atoms with van der Waals surface area (Å²) in [6.07, 6.45) is 3.87. The van der Waals surface area contributed by atoms with E-state index in [0.717, 1.165) is 30.9 Å². The van der Waals surface area contributed by atoms with Gasteiger partial charge in [-0.25, -0.2) is 4.68 Å². The Hall–Kier alpha value is -1.85. The lowest BCUT2D eigenvalue weighted by molar-refractivity contribution is 0.0950. The molecule has 0 bridgehead atoms. The van der Waals surface area contributed by atoms with Crippen LogP contribution < -0.4 is 10.6 Å². The van der Waals surface area contributed by atoms with Crippen LogP contribution in [0.15, 0.2) is 30.5 Å². The van der Waals surface area contributed by atoms with E-state index in [4.69, 9.17) is 11.6 Å². The second-order valence-corrected chi connectivity index (χ2v) is 7.33. The van der Waals surface area contributed by atoms with Gasteiger partial charge in [0.25, 0.3) is 5.91 Å². The molecule has 5 nitrogen and oxygen atoms in total. The van der Waals surface area contributed by atoms with E-state index in [2.05, 4.69) is 29.6 Å². The molecule has 25 heavy (non-hydrogen) atoms. The molecular weight excluding hydrogens is 336 g/mol. The SMILES string of the molecule is CC(C)c1c(C(=O)NCCC2CCNC2)cnn1-c1ccc(Cl)cc1. The van der Waals surface area contributed by atoms with Gasteiger partial charge in [-0.3, -0.25) is 4.79 Å². The normalized spacial score (nSPS) is 17.2. The van der Waals surface area contributed by atoms with Crippen LogP contribution in [0.25, 0.3) is 5.69 Å². The van der Waals surface area contributed by atoms with Gasteiger partial charge in [0, 0.05) is 11.6 Å². The van der Waals surface area contributed by atoms with Gasteiger partial charge in [0.1, 0.15) is 0 Å². The van der Waals surface area contributed by atoms with Gasteiger partial charge in [-0.2, -0.15) is 5.10 Å². The monoisotopic (exact) mass is 360 g/mol. The number of hydrogen-bond donors (Lipinski definition) is 2. The number of nitrogens with zero attached hydrogens (tertiary/aromatic N) is 2. The molecule has 2 aromatic rings. The molecule has 0 aliphatic carbocycles. The molecule has 1 aromatic carbocycles. The average Bonchev–Trinajstić information content (AvgIpc) is 3.24. The van der Waals surface area contributed by atoms with Crippen LogP contribution in [0, 0.1) is 5.92 Å². The number of carbonyl (C=O) groups excluding carboxylic acids is 1. The summed E-state index contributed by atoms with van der Waals surface area (Å²) in [5.74, 6) is 0.800. The van der Waals surface area contributed by atoms with E-state index in [1.165, 1.54) is 6.42 Å². The maximum absolute atomic E-state index is 12.6. The van der Waals surface area contributed by atoms with Crippen LogP contribution >= 0.6 is 11.6 Å². The van der Waals surface area contributed by atoms with Gasteiger partial charge in [-0.15, -0.1) is 0 Å². The Morgan fingerprint density at radius 1 is 1.40 bits per heavy atom. The number of carbonyl (C=O) groups is 1. The van der Waals surface area contributed by atoms with Crippen molar-refractivity contribution in [1.29, 1.82) is 0 Å². The van der Waals surface area contributed by atoms with E-state index < -0.39 is 0 Å².